The van der Waals surface area contributed by atoms with Crippen molar-refractivity contribution in [1.29, 1.82) is 0 Å². The Bertz CT molecular complexity index is 720. The fourth-order valence-corrected chi connectivity index (χ4v) is 1.97. The first-order valence-electron chi connectivity index (χ1n) is 6.96. The van der Waals surface area contributed by atoms with E-state index in [1.54, 1.807) is 18.4 Å². The molecule has 0 saturated carbocycles. The summed E-state index contributed by atoms with van der Waals surface area (Å²) in [6.45, 7) is 2.97. The Morgan fingerprint density at radius 3 is 2.95 bits per heavy atom. The minimum atomic E-state index is 0.239. The van der Waals surface area contributed by atoms with Gasteiger partial charge >= 0.3 is 0 Å². The molecule has 0 aliphatic heterocycles. The monoisotopic (exact) mass is 287 g/mol. The third-order valence-corrected chi connectivity index (χ3v) is 3.04. The molecule has 3 N–H and O–H groups in total. The predicted octanol–water partition coefficient (Wildman–Crippen LogP) is 1.96. The van der Waals surface area contributed by atoms with E-state index in [2.05, 4.69) is 32.3 Å². The molecular formula is C13H17N7O. The molecule has 8 nitrogen and oxygen atoms in total. The standard InChI is InChI=1S/C13H17N7O/c1-2-3-4-7-15-12-17-11(14)20-13(18-12)16-10(19-20)9-6-5-8-21-9/h5-6,8H,2-4,7H2,1H3,(H3,14,15,16,17,18,19). The van der Waals surface area contributed by atoms with Gasteiger partial charge in [-0.05, 0) is 18.6 Å². The third kappa shape index (κ3) is 2.78. The first-order chi connectivity index (χ1) is 10.3. The molecule has 8 heteroatoms. The van der Waals surface area contributed by atoms with E-state index in [0.717, 1.165) is 19.4 Å². The molecule has 0 atom stereocenters. The zero-order valence-electron chi connectivity index (χ0n) is 11.8. The van der Waals surface area contributed by atoms with Crippen molar-refractivity contribution in [3.8, 4) is 11.6 Å². The molecule has 0 amide bonds. The van der Waals surface area contributed by atoms with E-state index in [1.165, 1.54) is 10.9 Å². The van der Waals surface area contributed by atoms with Crippen LogP contribution in [0.4, 0.5) is 11.9 Å². The van der Waals surface area contributed by atoms with Gasteiger partial charge in [-0.15, -0.1) is 5.10 Å². The van der Waals surface area contributed by atoms with Crippen LogP contribution in [0.3, 0.4) is 0 Å². The average Bonchev–Trinajstić information content (AvgIpc) is 3.12. The van der Waals surface area contributed by atoms with Crippen LogP contribution < -0.4 is 11.1 Å². The second-order valence-electron chi connectivity index (χ2n) is 4.66. The van der Waals surface area contributed by atoms with E-state index >= 15 is 0 Å². The second-order valence-corrected chi connectivity index (χ2v) is 4.66. The van der Waals surface area contributed by atoms with Gasteiger partial charge in [0.2, 0.25) is 17.7 Å². The molecule has 3 aromatic heterocycles. The smallest absolute Gasteiger partial charge is 0.259 e. The molecule has 0 bridgehead atoms. The molecule has 21 heavy (non-hydrogen) atoms. The Balaban J connectivity index is 1.85. The molecule has 0 radical (unpaired) electrons. The summed E-state index contributed by atoms with van der Waals surface area (Å²) in [7, 11) is 0. The van der Waals surface area contributed by atoms with Crippen LogP contribution in [-0.4, -0.2) is 31.1 Å². The van der Waals surface area contributed by atoms with Gasteiger partial charge in [0, 0.05) is 6.54 Å². The van der Waals surface area contributed by atoms with E-state index in [4.69, 9.17) is 10.2 Å². The maximum absolute atomic E-state index is 5.89. The normalized spacial score (nSPS) is 11.1. The van der Waals surface area contributed by atoms with Crippen LogP contribution in [0.25, 0.3) is 17.4 Å². The Hall–Kier alpha value is -2.64. The number of nitrogens with two attached hydrogens (primary N) is 1. The Labute approximate surface area is 121 Å². The number of rotatable bonds is 6. The summed E-state index contributed by atoms with van der Waals surface area (Å²) in [5.74, 6) is 2.10. The van der Waals surface area contributed by atoms with Gasteiger partial charge in [-0.1, -0.05) is 19.8 Å². The lowest BCUT2D eigenvalue weighted by Crippen LogP contribution is -2.10. The molecule has 0 saturated heterocycles. The highest BCUT2D eigenvalue weighted by Gasteiger charge is 2.13. The lowest BCUT2D eigenvalue weighted by Gasteiger charge is -2.04. The van der Waals surface area contributed by atoms with Crippen molar-refractivity contribution in [3.05, 3.63) is 18.4 Å². The van der Waals surface area contributed by atoms with Gasteiger partial charge in [-0.3, -0.25) is 0 Å². The summed E-state index contributed by atoms with van der Waals surface area (Å²) in [4.78, 5) is 12.8. The number of furan rings is 1. The highest BCUT2D eigenvalue weighted by molar-refractivity contribution is 5.52. The number of fused-ring (bicyclic) bond motifs is 1. The molecule has 3 rings (SSSR count). The zero-order chi connectivity index (χ0) is 14.7. The van der Waals surface area contributed by atoms with Gasteiger partial charge in [-0.25, -0.2) is 0 Å². The van der Waals surface area contributed by atoms with Gasteiger partial charge in [0.25, 0.3) is 5.78 Å². The zero-order valence-corrected chi connectivity index (χ0v) is 11.8. The Kier molecular flexibility index (Phi) is 3.67. The quantitative estimate of drug-likeness (QED) is 0.667. The molecular weight excluding hydrogens is 270 g/mol. The largest absolute Gasteiger partial charge is 0.461 e. The highest BCUT2D eigenvalue weighted by atomic mass is 16.3. The van der Waals surface area contributed by atoms with E-state index in [1.807, 2.05) is 0 Å². The van der Waals surface area contributed by atoms with Crippen molar-refractivity contribution in [3.63, 3.8) is 0 Å². The lowest BCUT2D eigenvalue weighted by molar-refractivity contribution is 0.577. The fraction of sp³-hybridized carbons (Fsp3) is 0.385. The molecule has 3 heterocycles. The summed E-state index contributed by atoms with van der Waals surface area (Å²) >= 11 is 0. The number of nitrogen functional groups attached to an aromatic ring is 1. The van der Waals surface area contributed by atoms with Crippen molar-refractivity contribution in [1.82, 2.24) is 24.6 Å². The minimum absolute atomic E-state index is 0.239. The van der Waals surface area contributed by atoms with E-state index in [-0.39, 0.29) is 5.95 Å². The molecule has 0 fully saturated rings. The van der Waals surface area contributed by atoms with Crippen LogP contribution in [0.5, 0.6) is 0 Å². The Morgan fingerprint density at radius 2 is 2.19 bits per heavy atom. The molecule has 110 valence electrons. The van der Waals surface area contributed by atoms with Crippen molar-refractivity contribution < 1.29 is 4.42 Å². The number of hydrogen-bond acceptors (Lipinski definition) is 7. The number of hydrogen-bond donors (Lipinski definition) is 2. The van der Waals surface area contributed by atoms with Gasteiger partial charge in [0.05, 0.1) is 6.26 Å². The third-order valence-electron chi connectivity index (χ3n) is 3.04. The van der Waals surface area contributed by atoms with E-state index in [0.29, 0.717) is 23.3 Å². The summed E-state index contributed by atoms with van der Waals surface area (Å²) in [6.07, 6.45) is 4.96. The number of nitrogens with one attached hydrogen (secondary N) is 1. The molecule has 0 aliphatic rings. The van der Waals surface area contributed by atoms with E-state index < -0.39 is 0 Å². The summed E-state index contributed by atoms with van der Waals surface area (Å²) in [5.41, 5.74) is 5.89. The van der Waals surface area contributed by atoms with Crippen LogP contribution in [0.15, 0.2) is 22.8 Å². The minimum Gasteiger partial charge on any atom is -0.461 e. The maximum atomic E-state index is 5.89. The number of unbranched alkanes of at least 4 members (excludes halogenated alkanes) is 2. The highest BCUT2D eigenvalue weighted by Crippen LogP contribution is 2.17. The van der Waals surface area contributed by atoms with Crippen molar-refractivity contribution in [2.45, 2.75) is 26.2 Å². The van der Waals surface area contributed by atoms with Crippen molar-refractivity contribution >= 4 is 17.7 Å². The first-order valence-corrected chi connectivity index (χ1v) is 6.96. The molecule has 0 aromatic carbocycles. The number of aromatic nitrogens is 5. The van der Waals surface area contributed by atoms with Crippen LogP contribution in [0.1, 0.15) is 26.2 Å². The van der Waals surface area contributed by atoms with Crippen LogP contribution in [-0.2, 0) is 0 Å². The molecule has 3 aromatic rings. The van der Waals surface area contributed by atoms with Crippen LogP contribution in [0.2, 0.25) is 0 Å². The number of nitrogens with zero attached hydrogens (tertiary/aromatic N) is 5. The summed E-state index contributed by atoms with van der Waals surface area (Å²) < 4.78 is 6.67. The predicted molar refractivity (Wildman–Crippen MR) is 78.7 cm³/mol. The average molecular weight is 287 g/mol. The van der Waals surface area contributed by atoms with Gasteiger partial charge in [0.15, 0.2) is 5.76 Å². The molecule has 0 unspecified atom stereocenters. The molecule has 0 aliphatic carbocycles. The summed E-state index contributed by atoms with van der Waals surface area (Å²) in [5, 5.41) is 7.39. The van der Waals surface area contributed by atoms with Gasteiger partial charge in [0.1, 0.15) is 0 Å². The topological polar surface area (TPSA) is 107 Å². The number of anilines is 2. The molecule has 0 spiro atoms. The second kappa shape index (κ2) is 5.78. The SMILES string of the molecule is CCCCCNc1nc(N)n2nc(-c3ccco3)nc2n1. The maximum Gasteiger partial charge on any atom is 0.259 e. The first kappa shape index (κ1) is 13.3. The Morgan fingerprint density at radius 1 is 1.29 bits per heavy atom. The van der Waals surface area contributed by atoms with E-state index in [9.17, 15) is 0 Å². The van der Waals surface area contributed by atoms with Crippen LogP contribution in [0, 0.1) is 0 Å². The van der Waals surface area contributed by atoms with Gasteiger partial charge in [-0.2, -0.15) is 19.5 Å². The lowest BCUT2D eigenvalue weighted by atomic mass is 10.2. The summed E-state index contributed by atoms with van der Waals surface area (Å²) in [6, 6.07) is 3.55. The van der Waals surface area contributed by atoms with Crippen molar-refractivity contribution in [2.24, 2.45) is 0 Å². The fourth-order valence-electron chi connectivity index (χ4n) is 1.97. The van der Waals surface area contributed by atoms with Crippen molar-refractivity contribution in [2.75, 3.05) is 17.6 Å². The van der Waals surface area contributed by atoms with Crippen LogP contribution >= 0.6 is 0 Å². The van der Waals surface area contributed by atoms with Gasteiger partial charge < -0.3 is 15.5 Å².